The molecule has 2 N–H and O–H groups in total. The second-order valence-corrected chi connectivity index (χ2v) is 9.40. The number of nitrogens with one attached hydrogen (secondary N) is 2. The van der Waals surface area contributed by atoms with Gasteiger partial charge in [0.25, 0.3) is 5.56 Å². The quantitative estimate of drug-likeness (QED) is 0.509. The number of nitrogens with zero attached hydrogens (tertiary/aromatic N) is 4. The zero-order valence-corrected chi connectivity index (χ0v) is 18.2. The van der Waals surface area contributed by atoms with Crippen molar-refractivity contribution in [1.29, 1.82) is 0 Å². The lowest BCUT2D eigenvalue weighted by atomic mass is 9.96. The Balaban J connectivity index is 1.53. The first-order valence-electron chi connectivity index (χ1n) is 10.1. The van der Waals surface area contributed by atoms with Gasteiger partial charge >= 0.3 is 0 Å². The Hall–Kier alpha value is -2.42. The summed E-state index contributed by atoms with van der Waals surface area (Å²) in [5, 5.41) is 4.62. The van der Waals surface area contributed by atoms with Crippen LogP contribution in [-0.2, 0) is 7.05 Å². The van der Waals surface area contributed by atoms with Crippen molar-refractivity contribution in [2.75, 3.05) is 11.9 Å². The van der Waals surface area contributed by atoms with Crippen LogP contribution in [0.1, 0.15) is 19.3 Å². The maximum absolute atomic E-state index is 13.5. The van der Waals surface area contributed by atoms with Gasteiger partial charge in [0.05, 0.1) is 26.1 Å². The van der Waals surface area contributed by atoms with Gasteiger partial charge in [-0.15, -0.1) is 11.3 Å². The molecule has 30 heavy (non-hydrogen) atoms. The van der Waals surface area contributed by atoms with Crippen molar-refractivity contribution in [3.63, 3.8) is 0 Å². The molecule has 1 unspecified atom stereocenters. The monoisotopic (exact) mass is 440 g/mol. The van der Waals surface area contributed by atoms with E-state index in [-0.39, 0.29) is 5.56 Å². The summed E-state index contributed by atoms with van der Waals surface area (Å²) in [5.74, 6) is 0.746. The van der Waals surface area contributed by atoms with Crippen molar-refractivity contribution in [2.24, 2.45) is 7.05 Å². The number of H-pyrrole nitrogens is 1. The molecule has 2 bridgehead atoms. The molecule has 3 aromatic heterocycles. The Morgan fingerprint density at radius 3 is 2.97 bits per heavy atom. The highest BCUT2D eigenvalue weighted by molar-refractivity contribution is 7.17. The first-order chi connectivity index (χ1) is 14.6. The highest BCUT2D eigenvalue weighted by Gasteiger charge is 2.47. The molecule has 7 nitrogen and oxygen atoms in total. The van der Waals surface area contributed by atoms with Crippen LogP contribution in [0.25, 0.3) is 32.4 Å². The third-order valence-electron chi connectivity index (χ3n) is 6.76. The first-order valence-corrected chi connectivity index (χ1v) is 11.4. The molecule has 0 aliphatic carbocycles. The van der Waals surface area contributed by atoms with Gasteiger partial charge in [-0.05, 0) is 32.4 Å². The van der Waals surface area contributed by atoms with Crippen molar-refractivity contribution < 1.29 is 0 Å². The van der Waals surface area contributed by atoms with Crippen LogP contribution in [0.2, 0.25) is 5.02 Å². The van der Waals surface area contributed by atoms with Crippen LogP contribution >= 0.6 is 22.9 Å². The van der Waals surface area contributed by atoms with Gasteiger partial charge in [0.2, 0.25) is 5.95 Å². The Bertz CT molecular complexity index is 1360. The van der Waals surface area contributed by atoms with E-state index >= 15 is 0 Å². The van der Waals surface area contributed by atoms with Crippen molar-refractivity contribution >= 4 is 50.1 Å². The number of thiazole rings is 1. The normalized spacial score (nSPS) is 23.3. The molecule has 2 aliphatic heterocycles. The van der Waals surface area contributed by atoms with Crippen LogP contribution in [0.5, 0.6) is 0 Å². The number of aromatic amines is 1. The largest absolute Gasteiger partial charge is 0.345 e. The van der Waals surface area contributed by atoms with E-state index < -0.39 is 0 Å². The molecule has 0 radical (unpaired) electrons. The minimum Gasteiger partial charge on any atom is -0.345 e. The molecule has 6 rings (SSSR count). The molecule has 4 aromatic rings. The Kier molecular flexibility index (Phi) is 4.00. The first kappa shape index (κ1) is 18.4. The molecule has 9 heteroatoms. The van der Waals surface area contributed by atoms with E-state index in [0.29, 0.717) is 34.2 Å². The standard InChI is InChI=1S/C21H21ClN6OS/c1-23-14-7-10-3-6-15(14)28(10)21-26-19-16(20(29)27(21)2)12(8-24-19)11-4-5-13-18(17(11)22)30-9-25-13/h4-5,8-10,14-15,23-24H,3,6-7H2,1-2H3/t10-,14+,15?/m0/s1. The van der Waals surface area contributed by atoms with Crippen LogP contribution in [0.3, 0.4) is 0 Å². The number of likely N-dealkylation sites (N-methyl/N-ethyl adjacent to an activating group) is 1. The lowest BCUT2D eigenvalue weighted by Gasteiger charge is -2.26. The number of fused-ring (bicyclic) bond motifs is 4. The minimum absolute atomic E-state index is 0.0565. The zero-order chi connectivity index (χ0) is 20.6. The molecule has 1 aromatic carbocycles. The molecule has 154 valence electrons. The summed E-state index contributed by atoms with van der Waals surface area (Å²) in [6, 6.07) is 5.13. The Labute approximate surface area is 181 Å². The van der Waals surface area contributed by atoms with E-state index in [1.807, 2.05) is 32.4 Å². The van der Waals surface area contributed by atoms with Crippen LogP contribution in [0.15, 0.2) is 28.6 Å². The third kappa shape index (κ3) is 2.38. The average molecular weight is 441 g/mol. The fourth-order valence-electron chi connectivity index (χ4n) is 5.31. The van der Waals surface area contributed by atoms with Gasteiger partial charge in [-0.2, -0.15) is 4.98 Å². The van der Waals surface area contributed by atoms with E-state index in [9.17, 15) is 4.79 Å². The van der Waals surface area contributed by atoms with Crippen molar-refractivity contribution in [3.05, 3.63) is 39.2 Å². The predicted octanol–water partition coefficient (Wildman–Crippen LogP) is 3.52. The molecule has 0 saturated carbocycles. The zero-order valence-electron chi connectivity index (χ0n) is 16.6. The summed E-state index contributed by atoms with van der Waals surface area (Å²) in [5.41, 5.74) is 4.80. The molecule has 0 amide bonds. The fourth-order valence-corrected chi connectivity index (χ4v) is 6.43. The number of benzene rings is 1. The summed E-state index contributed by atoms with van der Waals surface area (Å²) in [6.07, 6.45) is 5.21. The van der Waals surface area contributed by atoms with Crippen LogP contribution in [-0.4, -0.2) is 44.7 Å². The lowest BCUT2D eigenvalue weighted by Crippen LogP contribution is -2.41. The summed E-state index contributed by atoms with van der Waals surface area (Å²) >= 11 is 8.19. The van der Waals surface area contributed by atoms with Gasteiger partial charge in [-0.1, -0.05) is 17.7 Å². The highest BCUT2D eigenvalue weighted by Crippen LogP contribution is 2.41. The Morgan fingerprint density at radius 1 is 1.30 bits per heavy atom. The maximum Gasteiger partial charge on any atom is 0.264 e. The molecule has 2 saturated heterocycles. The number of hydrogen-bond acceptors (Lipinski definition) is 6. The van der Waals surface area contributed by atoms with Gasteiger partial charge in [-0.25, -0.2) is 4.98 Å². The number of anilines is 1. The SMILES string of the molecule is CN[C@@H]1C[C@@H]2CCC1N2c1nc2[nH]cc(-c3ccc4ncsc4c3Cl)c2c(=O)n1C. The molecular formula is C21H21ClN6OS. The molecular weight excluding hydrogens is 420 g/mol. The maximum atomic E-state index is 13.5. The topological polar surface area (TPSA) is 78.8 Å². The van der Waals surface area contributed by atoms with Crippen LogP contribution in [0.4, 0.5) is 5.95 Å². The van der Waals surface area contributed by atoms with Crippen molar-refractivity contribution in [3.8, 4) is 11.1 Å². The smallest absolute Gasteiger partial charge is 0.264 e. The molecule has 2 fully saturated rings. The molecule has 2 aliphatic rings. The van der Waals surface area contributed by atoms with Gasteiger partial charge in [0.15, 0.2) is 0 Å². The van der Waals surface area contributed by atoms with E-state index in [0.717, 1.165) is 46.6 Å². The van der Waals surface area contributed by atoms with Crippen molar-refractivity contribution in [1.82, 2.24) is 24.8 Å². The number of hydrogen-bond donors (Lipinski definition) is 2. The second-order valence-electron chi connectivity index (χ2n) is 8.17. The molecule has 3 atom stereocenters. The van der Waals surface area contributed by atoms with Crippen LogP contribution in [0, 0.1) is 0 Å². The van der Waals surface area contributed by atoms with Gasteiger partial charge < -0.3 is 15.2 Å². The number of halogens is 1. The number of aromatic nitrogens is 4. The summed E-state index contributed by atoms with van der Waals surface area (Å²) in [7, 11) is 3.83. The predicted molar refractivity (Wildman–Crippen MR) is 122 cm³/mol. The van der Waals surface area contributed by atoms with Gasteiger partial charge in [-0.3, -0.25) is 9.36 Å². The van der Waals surface area contributed by atoms with E-state index in [2.05, 4.69) is 20.2 Å². The van der Waals surface area contributed by atoms with E-state index in [1.54, 1.807) is 10.1 Å². The van der Waals surface area contributed by atoms with Crippen molar-refractivity contribution in [2.45, 2.75) is 37.4 Å². The van der Waals surface area contributed by atoms with E-state index in [4.69, 9.17) is 16.6 Å². The van der Waals surface area contributed by atoms with E-state index in [1.165, 1.54) is 11.3 Å². The van der Waals surface area contributed by atoms with Crippen LogP contribution < -0.4 is 15.8 Å². The average Bonchev–Trinajstić information content (AvgIpc) is 3.52. The third-order valence-corrected chi connectivity index (χ3v) is 8.12. The fraction of sp³-hybridized carbons (Fsp3) is 0.381. The lowest BCUT2D eigenvalue weighted by molar-refractivity contribution is 0.445. The minimum atomic E-state index is -0.0565. The molecule has 5 heterocycles. The Morgan fingerprint density at radius 2 is 2.17 bits per heavy atom. The number of rotatable bonds is 3. The summed E-state index contributed by atoms with van der Waals surface area (Å²) in [6.45, 7) is 0. The summed E-state index contributed by atoms with van der Waals surface area (Å²) < 4.78 is 2.62. The summed E-state index contributed by atoms with van der Waals surface area (Å²) in [4.78, 5) is 28.3. The highest BCUT2D eigenvalue weighted by atomic mass is 35.5. The molecule has 0 spiro atoms. The second kappa shape index (κ2) is 6.54. The van der Waals surface area contributed by atoms with Gasteiger partial charge in [0.1, 0.15) is 5.65 Å². The van der Waals surface area contributed by atoms with Gasteiger partial charge in [0, 0.05) is 42.5 Å².